The van der Waals surface area contributed by atoms with Crippen LogP contribution < -0.4 is 19.6 Å². The van der Waals surface area contributed by atoms with Crippen LogP contribution in [0.5, 0.6) is 5.75 Å². The number of benzene rings is 2. The fraction of sp³-hybridized carbons (Fsp3) is 0.148. The number of nitrogens with zero attached hydrogens (tertiary/aromatic N) is 2. The van der Waals surface area contributed by atoms with Gasteiger partial charge in [-0.1, -0.05) is 35.1 Å². The van der Waals surface area contributed by atoms with Crippen molar-refractivity contribution in [3.8, 4) is 17.1 Å². The van der Waals surface area contributed by atoms with Crippen LogP contribution in [0.25, 0.3) is 17.4 Å². The number of hydrogen-bond acceptors (Lipinski definition) is 7. The molecule has 1 atom stereocenters. The van der Waals surface area contributed by atoms with Gasteiger partial charge in [-0.25, -0.2) is 9.79 Å². The molecule has 3 heterocycles. The van der Waals surface area contributed by atoms with Crippen molar-refractivity contribution in [2.24, 2.45) is 4.99 Å². The van der Waals surface area contributed by atoms with Gasteiger partial charge in [-0.05, 0) is 72.0 Å². The van der Waals surface area contributed by atoms with E-state index in [9.17, 15) is 9.59 Å². The van der Waals surface area contributed by atoms with Crippen LogP contribution in [0, 0.1) is 3.57 Å². The number of carbonyl (C=O) groups is 1. The molecule has 0 fully saturated rings. The molecule has 0 radical (unpaired) electrons. The summed E-state index contributed by atoms with van der Waals surface area (Å²) in [4.78, 5) is 31.6. The number of carbonyl (C=O) groups excluding carboxylic acids is 1. The largest absolute Gasteiger partial charge is 0.496 e. The van der Waals surface area contributed by atoms with Crippen LogP contribution in [0.1, 0.15) is 24.3 Å². The number of aromatic nitrogens is 1. The lowest BCUT2D eigenvalue weighted by atomic mass is 9.95. The summed E-state index contributed by atoms with van der Waals surface area (Å²) in [6.45, 7) is 1.72. The minimum absolute atomic E-state index is 0.237. The van der Waals surface area contributed by atoms with Gasteiger partial charge >= 0.3 is 5.97 Å². The van der Waals surface area contributed by atoms with E-state index >= 15 is 0 Å². The second-order valence-corrected chi connectivity index (χ2v) is 10.9. The Hall–Kier alpha value is -3.15. The monoisotopic (exact) mass is 646 g/mol. The first-order valence-electron chi connectivity index (χ1n) is 11.1. The third kappa shape index (κ3) is 4.78. The van der Waals surface area contributed by atoms with Crippen molar-refractivity contribution in [1.29, 1.82) is 0 Å². The molecule has 0 N–H and O–H groups in total. The maximum absolute atomic E-state index is 13.8. The van der Waals surface area contributed by atoms with Crippen molar-refractivity contribution < 1.29 is 18.7 Å². The summed E-state index contributed by atoms with van der Waals surface area (Å²) in [5, 5.41) is 0.440. The van der Waals surface area contributed by atoms with E-state index < -0.39 is 12.0 Å². The number of rotatable bonds is 5. The Morgan fingerprint density at radius 2 is 1.92 bits per heavy atom. The molecule has 0 aliphatic carbocycles. The molecule has 0 amide bonds. The Morgan fingerprint density at radius 3 is 2.62 bits per heavy atom. The van der Waals surface area contributed by atoms with E-state index in [1.54, 1.807) is 31.2 Å². The van der Waals surface area contributed by atoms with E-state index in [0.29, 0.717) is 42.9 Å². The van der Waals surface area contributed by atoms with E-state index in [2.05, 4.69) is 27.6 Å². The fourth-order valence-electron chi connectivity index (χ4n) is 4.23. The highest BCUT2D eigenvalue weighted by atomic mass is 127. The Labute approximate surface area is 234 Å². The summed E-state index contributed by atoms with van der Waals surface area (Å²) >= 11 is 9.78. The Balaban J connectivity index is 1.68. The molecule has 37 heavy (non-hydrogen) atoms. The summed E-state index contributed by atoms with van der Waals surface area (Å²) in [7, 11) is 2.81. The van der Waals surface area contributed by atoms with E-state index in [-0.39, 0.29) is 11.1 Å². The third-order valence-corrected chi connectivity index (χ3v) is 7.88. The van der Waals surface area contributed by atoms with Crippen LogP contribution in [-0.4, -0.2) is 24.8 Å². The topological polar surface area (TPSA) is 83.0 Å². The number of furan rings is 1. The van der Waals surface area contributed by atoms with Crippen LogP contribution in [0.4, 0.5) is 0 Å². The van der Waals surface area contributed by atoms with Crippen molar-refractivity contribution in [1.82, 2.24) is 4.57 Å². The second kappa shape index (κ2) is 10.3. The van der Waals surface area contributed by atoms with Crippen molar-refractivity contribution in [3.63, 3.8) is 0 Å². The number of halogens is 2. The fourth-order valence-corrected chi connectivity index (χ4v) is 5.80. The third-order valence-electron chi connectivity index (χ3n) is 5.94. The molecule has 0 unspecified atom stereocenters. The van der Waals surface area contributed by atoms with E-state index in [0.717, 1.165) is 9.13 Å². The zero-order valence-electron chi connectivity index (χ0n) is 20.0. The van der Waals surface area contributed by atoms with Gasteiger partial charge < -0.3 is 13.9 Å². The van der Waals surface area contributed by atoms with Gasteiger partial charge in [0.15, 0.2) is 4.80 Å². The highest BCUT2D eigenvalue weighted by Crippen LogP contribution is 2.37. The van der Waals surface area contributed by atoms with E-state index in [1.807, 2.05) is 36.4 Å². The molecule has 1 aliphatic heterocycles. The SMILES string of the molecule is COC(=O)C1=C(C)N=c2s/c(=C\c3ccc(-c4ccc(I)cc4)o3)c(=O)n2[C@@H]1c1cc(Cl)ccc1OC. The van der Waals surface area contributed by atoms with Crippen molar-refractivity contribution >= 4 is 57.6 Å². The lowest BCUT2D eigenvalue weighted by molar-refractivity contribution is -0.136. The lowest BCUT2D eigenvalue weighted by Gasteiger charge is -2.25. The molecule has 10 heteroatoms. The van der Waals surface area contributed by atoms with Crippen LogP contribution in [0.2, 0.25) is 5.02 Å². The van der Waals surface area contributed by atoms with Crippen LogP contribution in [0.15, 0.2) is 80.1 Å². The van der Waals surface area contributed by atoms with Crippen LogP contribution in [0.3, 0.4) is 0 Å². The first kappa shape index (κ1) is 25.5. The van der Waals surface area contributed by atoms with E-state index in [1.165, 1.54) is 30.1 Å². The molecule has 4 aromatic rings. The minimum Gasteiger partial charge on any atom is -0.496 e. The molecule has 2 aromatic heterocycles. The van der Waals surface area contributed by atoms with Crippen molar-refractivity contribution in [2.45, 2.75) is 13.0 Å². The van der Waals surface area contributed by atoms with Gasteiger partial charge in [0, 0.05) is 25.8 Å². The number of esters is 1. The summed E-state index contributed by atoms with van der Waals surface area (Å²) in [5.41, 5.74) is 1.85. The van der Waals surface area contributed by atoms with Gasteiger partial charge in [0.2, 0.25) is 0 Å². The highest BCUT2D eigenvalue weighted by Gasteiger charge is 2.35. The van der Waals surface area contributed by atoms with Crippen LogP contribution in [-0.2, 0) is 9.53 Å². The predicted molar refractivity (Wildman–Crippen MR) is 151 cm³/mol. The first-order valence-corrected chi connectivity index (χ1v) is 13.4. The van der Waals surface area contributed by atoms with Gasteiger partial charge in [-0.15, -0.1) is 0 Å². The smallest absolute Gasteiger partial charge is 0.338 e. The summed E-state index contributed by atoms with van der Waals surface area (Å²) in [5.74, 6) is 1.12. The number of thiazole rings is 1. The Morgan fingerprint density at radius 1 is 1.16 bits per heavy atom. The molecule has 7 nitrogen and oxygen atoms in total. The summed E-state index contributed by atoms with van der Waals surface area (Å²) < 4.78 is 19.6. The standard InChI is InChI=1S/C27H20ClIN2O5S/c1-14-23(26(33)35-3)24(19-12-16(28)6-10-21(19)34-2)31-25(32)22(37-27(31)30-14)13-18-9-11-20(36-18)15-4-7-17(29)8-5-15/h4-13,24H,1-3H3/b22-13-/t24-/m1/s1. The molecule has 1 aliphatic rings. The number of ether oxygens (including phenoxy) is 2. The zero-order valence-corrected chi connectivity index (χ0v) is 23.7. The van der Waals surface area contributed by atoms with Crippen LogP contribution >= 0.6 is 45.5 Å². The number of fused-ring (bicyclic) bond motifs is 1. The normalized spacial score (nSPS) is 15.4. The molecule has 5 rings (SSSR count). The number of hydrogen-bond donors (Lipinski definition) is 0. The average molecular weight is 647 g/mol. The lowest BCUT2D eigenvalue weighted by Crippen LogP contribution is -2.40. The molecule has 0 saturated carbocycles. The number of allylic oxidation sites excluding steroid dienone is 1. The predicted octanol–water partition coefficient (Wildman–Crippen LogP) is 4.93. The Bertz CT molecular complexity index is 1730. The average Bonchev–Trinajstić information content (AvgIpc) is 3.47. The first-order chi connectivity index (χ1) is 17.8. The molecule has 188 valence electrons. The maximum Gasteiger partial charge on any atom is 0.338 e. The minimum atomic E-state index is -0.835. The molecule has 0 bridgehead atoms. The van der Waals surface area contributed by atoms with Gasteiger partial charge in [0.05, 0.1) is 30.0 Å². The summed E-state index contributed by atoms with van der Waals surface area (Å²) in [6, 6.07) is 15.9. The van der Waals surface area contributed by atoms with Crippen molar-refractivity contribution in [2.75, 3.05) is 14.2 Å². The van der Waals surface area contributed by atoms with Gasteiger partial charge in [0.25, 0.3) is 5.56 Å². The molecule has 2 aromatic carbocycles. The summed E-state index contributed by atoms with van der Waals surface area (Å²) in [6.07, 6.45) is 1.68. The van der Waals surface area contributed by atoms with Crippen molar-refractivity contribution in [3.05, 3.63) is 105 Å². The Kier molecular flexibility index (Phi) is 7.11. The molecule has 0 saturated heterocycles. The second-order valence-electron chi connectivity index (χ2n) is 8.17. The maximum atomic E-state index is 13.8. The quantitative estimate of drug-likeness (QED) is 0.227. The molecular formula is C27H20ClIN2O5S. The van der Waals surface area contributed by atoms with Gasteiger partial charge in [0.1, 0.15) is 23.3 Å². The highest BCUT2D eigenvalue weighted by molar-refractivity contribution is 14.1. The number of methoxy groups -OCH3 is 2. The van der Waals surface area contributed by atoms with E-state index in [4.69, 9.17) is 25.5 Å². The van der Waals surface area contributed by atoms with Gasteiger partial charge in [-0.2, -0.15) is 0 Å². The molecular weight excluding hydrogens is 627 g/mol. The molecule has 0 spiro atoms. The zero-order chi connectivity index (χ0) is 26.3. The van der Waals surface area contributed by atoms with Gasteiger partial charge in [-0.3, -0.25) is 9.36 Å².